The van der Waals surface area contributed by atoms with E-state index in [0.717, 1.165) is 28.9 Å². The Morgan fingerprint density at radius 2 is 2.10 bits per heavy atom. The van der Waals surface area contributed by atoms with Crippen LogP contribution in [0, 0.1) is 11.8 Å². The molecule has 3 aliphatic rings. The maximum atomic E-state index is 13.0. The Balaban J connectivity index is 1.30. The molecule has 2 saturated heterocycles. The molecular weight excluding hydrogens is 388 g/mol. The summed E-state index contributed by atoms with van der Waals surface area (Å²) in [5.74, 6) is 1.17. The lowest BCUT2D eigenvalue weighted by atomic mass is 9.76. The van der Waals surface area contributed by atoms with E-state index in [1.165, 1.54) is 43.4 Å². The molecule has 29 heavy (non-hydrogen) atoms. The minimum atomic E-state index is -0.348. The minimum absolute atomic E-state index is 0.0604. The van der Waals surface area contributed by atoms with Crippen LogP contribution in [0.1, 0.15) is 38.5 Å². The van der Waals surface area contributed by atoms with Crippen molar-refractivity contribution in [2.75, 3.05) is 29.9 Å². The van der Waals surface area contributed by atoms with Crippen molar-refractivity contribution in [2.24, 2.45) is 11.8 Å². The van der Waals surface area contributed by atoms with E-state index in [1.54, 1.807) is 4.90 Å². The number of fused-ring (bicyclic) bond motifs is 1. The summed E-state index contributed by atoms with van der Waals surface area (Å²) >= 11 is 1.44. The topological polar surface area (TPSA) is 83.6 Å². The van der Waals surface area contributed by atoms with Crippen LogP contribution in [0.25, 0.3) is 10.2 Å². The molecule has 1 saturated carbocycles. The first-order valence-electron chi connectivity index (χ1n) is 10.6. The van der Waals surface area contributed by atoms with E-state index in [4.69, 9.17) is 4.74 Å². The second-order valence-electron chi connectivity index (χ2n) is 8.22. The van der Waals surface area contributed by atoms with Crippen LogP contribution in [0.2, 0.25) is 0 Å². The Morgan fingerprint density at radius 1 is 1.24 bits per heavy atom. The van der Waals surface area contributed by atoms with Gasteiger partial charge < -0.3 is 15.4 Å². The van der Waals surface area contributed by atoms with Crippen LogP contribution in [0.4, 0.5) is 15.6 Å². The van der Waals surface area contributed by atoms with Gasteiger partial charge in [-0.1, -0.05) is 43.4 Å². The number of nitrogens with one attached hydrogen (secondary N) is 2. The summed E-state index contributed by atoms with van der Waals surface area (Å²) < 4.78 is 5.94. The summed E-state index contributed by atoms with van der Waals surface area (Å²) in [7, 11) is 0. The number of hydrogen-bond donors (Lipinski definition) is 2. The van der Waals surface area contributed by atoms with Gasteiger partial charge in [0.1, 0.15) is 6.61 Å². The fourth-order valence-corrected chi connectivity index (χ4v) is 5.99. The SMILES string of the molecule is O=C(Nc1ccc2nc(N3CCOC3=O)sc2c1)[C@H]1NCC[C@H]1C1CCCCC1. The monoisotopic (exact) mass is 414 g/mol. The molecule has 2 aliphatic heterocycles. The minimum Gasteiger partial charge on any atom is -0.447 e. The maximum absolute atomic E-state index is 13.0. The lowest BCUT2D eigenvalue weighted by Gasteiger charge is -2.30. The number of anilines is 2. The van der Waals surface area contributed by atoms with Crippen LogP contribution >= 0.6 is 11.3 Å². The first-order valence-corrected chi connectivity index (χ1v) is 11.4. The molecule has 2 N–H and O–H groups in total. The van der Waals surface area contributed by atoms with E-state index < -0.39 is 0 Å². The summed E-state index contributed by atoms with van der Waals surface area (Å²) in [6.45, 7) is 1.84. The average Bonchev–Trinajstić information content (AvgIpc) is 3.47. The molecule has 0 radical (unpaired) electrons. The van der Waals surface area contributed by atoms with Crippen LogP contribution in [-0.2, 0) is 9.53 Å². The molecule has 2 aromatic rings. The van der Waals surface area contributed by atoms with Crippen molar-refractivity contribution in [3.63, 3.8) is 0 Å². The molecule has 3 fully saturated rings. The molecule has 1 aromatic heterocycles. The first-order chi connectivity index (χ1) is 14.2. The van der Waals surface area contributed by atoms with Crippen LogP contribution in [0.3, 0.4) is 0 Å². The van der Waals surface area contributed by atoms with Crippen molar-refractivity contribution in [2.45, 2.75) is 44.6 Å². The van der Waals surface area contributed by atoms with Crippen molar-refractivity contribution in [3.8, 4) is 0 Å². The Morgan fingerprint density at radius 3 is 2.90 bits per heavy atom. The number of rotatable bonds is 4. The zero-order valence-electron chi connectivity index (χ0n) is 16.4. The maximum Gasteiger partial charge on any atom is 0.416 e. The molecule has 1 aromatic carbocycles. The average molecular weight is 415 g/mol. The van der Waals surface area contributed by atoms with Crippen molar-refractivity contribution in [1.82, 2.24) is 10.3 Å². The zero-order valence-corrected chi connectivity index (χ0v) is 17.2. The van der Waals surface area contributed by atoms with E-state index in [-0.39, 0.29) is 18.0 Å². The predicted octanol–water partition coefficient (Wildman–Crippen LogP) is 3.75. The van der Waals surface area contributed by atoms with Gasteiger partial charge in [-0.25, -0.2) is 14.7 Å². The fraction of sp³-hybridized carbons (Fsp3) is 0.571. The highest BCUT2D eigenvalue weighted by molar-refractivity contribution is 7.22. The third-order valence-corrected chi connectivity index (χ3v) is 7.49. The van der Waals surface area contributed by atoms with E-state index in [1.807, 2.05) is 18.2 Å². The van der Waals surface area contributed by atoms with Gasteiger partial charge in [-0.05, 0) is 43.0 Å². The number of carbonyl (C=O) groups is 2. The smallest absolute Gasteiger partial charge is 0.416 e. The van der Waals surface area contributed by atoms with Crippen LogP contribution < -0.4 is 15.5 Å². The second-order valence-corrected chi connectivity index (χ2v) is 9.23. The number of amides is 2. The number of cyclic esters (lactones) is 1. The molecule has 7 nitrogen and oxygen atoms in total. The van der Waals surface area contributed by atoms with Gasteiger partial charge in [0, 0.05) is 5.69 Å². The number of benzene rings is 1. The fourth-order valence-electron chi connectivity index (χ4n) is 4.97. The molecule has 1 aliphatic carbocycles. The van der Waals surface area contributed by atoms with E-state index >= 15 is 0 Å². The highest BCUT2D eigenvalue weighted by Crippen LogP contribution is 2.36. The van der Waals surface area contributed by atoms with Gasteiger partial charge in [0.2, 0.25) is 5.91 Å². The molecule has 8 heteroatoms. The largest absolute Gasteiger partial charge is 0.447 e. The molecule has 0 spiro atoms. The normalized spacial score (nSPS) is 25.5. The van der Waals surface area contributed by atoms with Crippen LogP contribution in [0.5, 0.6) is 0 Å². The number of thiazole rings is 1. The zero-order chi connectivity index (χ0) is 19.8. The summed E-state index contributed by atoms with van der Waals surface area (Å²) in [6, 6.07) is 5.62. The van der Waals surface area contributed by atoms with Gasteiger partial charge in [-0.2, -0.15) is 0 Å². The molecule has 2 atom stereocenters. The summed E-state index contributed by atoms with van der Waals surface area (Å²) in [6.07, 6.45) is 7.17. The van der Waals surface area contributed by atoms with E-state index in [0.29, 0.717) is 30.1 Å². The molecule has 0 bridgehead atoms. The van der Waals surface area contributed by atoms with E-state index in [9.17, 15) is 9.59 Å². The van der Waals surface area contributed by atoms with Crippen LogP contribution in [-0.4, -0.2) is 42.7 Å². The highest BCUT2D eigenvalue weighted by Gasteiger charge is 2.38. The predicted molar refractivity (Wildman–Crippen MR) is 113 cm³/mol. The highest BCUT2D eigenvalue weighted by atomic mass is 32.1. The molecular formula is C21H26N4O3S. The summed E-state index contributed by atoms with van der Waals surface area (Å²) in [5.41, 5.74) is 1.60. The third-order valence-electron chi connectivity index (χ3n) is 6.44. The number of aromatic nitrogens is 1. The number of carbonyl (C=O) groups excluding carboxylic acids is 2. The molecule has 5 rings (SSSR count). The Hall–Kier alpha value is -2.19. The van der Waals surface area contributed by atoms with Crippen LogP contribution in [0.15, 0.2) is 18.2 Å². The second kappa shape index (κ2) is 7.91. The number of ether oxygens (including phenoxy) is 1. The summed E-state index contributed by atoms with van der Waals surface area (Å²) in [4.78, 5) is 30.9. The van der Waals surface area contributed by atoms with Gasteiger partial charge in [-0.3, -0.25) is 4.79 Å². The van der Waals surface area contributed by atoms with E-state index in [2.05, 4.69) is 15.6 Å². The Labute approximate surface area is 173 Å². The lowest BCUT2D eigenvalue weighted by molar-refractivity contribution is -0.119. The Bertz CT molecular complexity index is 924. The Kier molecular flexibility index (Phi) is 5.13. The molecule has 154 valence electrons. The molecule has 0 unspecified atom stereocenters. The summed E-state index contributed by atoms with van der Waals surface area (Å²) in [5, 5.41) is 7.17. The van der Waals surface area contributed by atoms with Crippen molar-refractivity contribution < 1.29 is 14.3 Å². The van der Waals surface area contributed by atoms with Crippen molar-refractivity contribution in [3.05, 3.63) is 18.2 Å². The lowest BCUT2D eigenvalue weighted by Crippen LogP contribution is -2.42. The number of nitrogens with zero attached hydrogens (tertiary/aromatic N) is 2. The van der Waals surface area contributed by atoms with Crippen molar-refractivity contribution >= 4 is 44.4 Å². The first kappa shape index (κ1) is 18.8. The van der Waals surface area contributed by atoms with Gasteiger partial charge in [0.05, 0.1) is 22.8 Å². The van der Waals surface area contributed by atoms with Crippen molar-refractivity contribution in [1.29, 1.82) is 0 Å². The standard InChI is InChI=1S/C21H26N4O3S/c26-19(18-15(8-9-22-18)13-4-2-1-3-5-13)23-14-6-7-16-17(12-14)29-20(24-16)25-10-11-28-21(25)27/h6-7,12-13,15,18,22H,1-5,8-11H2,(H,23,26)/t15-,18-/m0/s1. The van der Waals surface area contributed by atoms with Gasteiger partial charge in [0.25, 0.3) is 0 Å². The van der Waals surface area contributed by atoms with Gasteiger partial charge in [0.15, 0.2) is 5.13 Å². The third kappa shape index (κ3) is 3.71. The number of hydrogen-bond acceptors (Lipinski definition) is 6. The molecule has 2 amide bonds. The van der Waals surface area contributed by atoms with Gasteiger partial charge >= 0.3 is 6.09 Å². The molecule has 3 heterocycles. The quantitative estimate of drug-likeness (QED) is 0.796. The van der Waals surface area contributed by atoms with Gasteiger partial charge in [-0.15, -0.1) is 0 Å².